The Kier molecular flexibility index (Phi) is 4.29. The molecule has 82 valence electrons. The average Bonchev–Trinajstić information content (AvgIpc) is 2.17. The summed E-state index contributed by atoms with van der Waals surface area (Å²) in [4.78, 5) is 11.8. The number of benzene rings is 1. The van der Waals surface area contributed by atoms with E-state index in [9.17, 15) is 4.79 Å². The Balaban J connectivity index is 2.82. The Morgan fingerprint density at radius 2 is 2.27 bits per heavy atom. The first-order valence-corrected chi connectivity index (χ1v) is 5.61. The lowest BCUT2D eigenvalue weighted by molar-refractivity contribution is 0.0940. The molecule has 1 amide bonds. The molecule has 0 fully saturated rings. The highest BCUT2D eigenvalue weighted by molar-refractivity contribution is 9.10. The molecule has 0 bridgehead atoms. The molecule has 1 atom stereocenters. The van der Waals surface area contributed by atoms with E-state index in [-0.39, 0.29) is 11.9 Å². The van der Waals surface area contributed by atoms with Crippen molar-refractivity contribution in [2.45, 2.75) is 19.9 Å². The third-order valence-electron chi connectivity index (χ3n) is 2.16. The maximum atomic E-state index is 11.8. The van der Waals surface area contributed by atoms with Crippen molar-refractivity contribution in [3.05, 3.63) is 33.8 Å². The predicted molar refractivity (Wildman–Crippen MR) is 64.9 cm³/mol. The van der Waals surface area contributed by atoms with Gasteiger partial charge in [0.1, 0.15) is 0 Å². The minimum atomic E-state index is -0.0713. The molecule has 3 nitrogen and oxygen atoms in total. The zero-order chi connectivity index (χ0) is 11.4. The van der Waals surface area contributed by atoms with Gasteiger partial charge in [-0.05, 0) is 37.6 Å². The molecule has 0 saturated carbocycles. The van der Waals surface area contributed by atoms with E-state index < -0.39 is 0 Å². The van der Waals surface area contributed by atoms with E-state index in [4.69, 9.17) is 5.73 Å². The van der Waals surface area contributed by atoms with Crippen molar-refractivity contribution in [1.29, 1.82) is 0 Å². The van der Waals surface area contributed by atoms with Gasteiger partial charge in [-0.15, -0.1) is 0 Å². The number of aryl methyl sites for hydroxylation is 1. The van der Waals surface area contributed by atoms with Crippen LogP contribution in [0, 0.1) is 6.92 Å². The van der Waals surface area contributed by atoms with E-state index in [1.54, 1.807) is 6.07 Å². The Hall–Kier alpha value is -0.870. The maximum Gasteiger partial charge on any atom is 0.251 e. The highest BCUT2D eigenvalue weighted by atomic mass is 79.9. The summed E-state index contributed by atoms with van der Waals surface area (Å²) in [6.45, 7) is 4.24. The number of rotatable bonds is 3. The van der Waals surface area contributed by atoms with Crippen molar-refractivity contribution < 1.29 is 4.79 Å². The third kappa shape index (κ3) is 3.32. The van der Waals surface area contributed by atoms with Gasteiger partial charge in [0.15, 0.2) is 0 Å². The number of carbonyl (C=O) groups is 1. The number of hydrogen-bond acceptors (Lipinski definition) is 2. The van der Waals surface area contributed by atoms with Gasteiger partial charge in [0.05, 0.1) is 0 Å². The number of nitrogens with one attached hydrogen (secondary N) is 1. The zero-order valence-electron chi connectivity index (χ0n) is 8.88. The number of nitrogens with two attached hydrogens (primary N) is 1. The molecule has 0 unspecified atom stereocenters. The lowest BCUT2D eigenvalue weighted by Crippen LogP contribution is -2.38. The topological polar surface area (TPSA) is 55.1 Å². The normalized spacial score (nSPS) is 12.3. The molecule has 0 aliphatic heterocycles. The fourth-order valence-corrected chi connectivity index (χ4v) is 1.72. The molecule has 1 aromatic carbocycles. The first kappa shape index (κ1) is 12.2. The van der Waals surface area contributed by atoms with Crippen LogP contribution in [-0.2, 0) is 0 Å². The van der Waals surface area contributed by atoms with Gasteiger partial charge in [-0.3, -0.25) is 4.79 Å². The zero-order valence-corrected chi connectivity index (χ0v) is 10.5. The van der Waals surface area contributed by atoms with Crippen LogP contribution >= 0.6 is 15.9 Å². The molecular weight excluding hydrogens is 256 g/mol. The van der Waals surface area contributed by atoms with E-state index in [2.05, 4.69) is 21.2 Å². The molecule has 0 saturated heterocycles. The van der Waals surface area contributed by atoms with Gasteiger partial charge in [0.25, 0.3) is 5.91 Å². The first-order chi connectivity index (χ1) is 7.04. The maximum absolute atomic E-state index is 11.8. The molecule has 4 heteroatoms. The summed E-state index contributed by atoms with van der Waals surface area (Å²) < 4.78 is 0.975. The van der Waals surface area contributed by atoms with Crippen molar-refractivity contribution in [2.24, 2.45) is 5.73 Å². The van der Waals surface area contributed by atoms with Crippen molar-refractivity contribution in [1.82, 2.24) is 5.32 Å². The van der Waals surface area contributed by atoms with Crippen molar-refractivity contribution in [3.63, 3.8) is 0 Å². The van der Waals surface area contributed by atoms with Crippen molar-refractivity contribution >= 4 is 21.8 Å². The summed E-state index contributed by atoms with van der Waals surface area (Å²) in [6, 6.07) is 5.58. The summed E-state index contributed by atoms with van der Waals surface area (Å²) in [5.74, 6) is -0.0713. The second-order valence-corrected chi connectivity index (χ2v) is 4.49. The SMILES string of the molecule is Cc1cc(Br)ccc1C(=O)N[C@@H](C)CN. The van der Waals surface area contributed by atoms with Gasteiger partial charge in [0.2, 0.25) is 0 Å². The smallest absolute Gasteiger partial charge is 0.251 e. The van der Waals surface area contributed by atoms with E-state index in [1.807, 2.05) is 26.0 Å². The van der Waals surface area contributed by atoms with Crippen LogP contribution in [0.3, 0.4) is 0 Å². The van der Waals surface area contributed by atoms with Crippen LogP contribution in [0.5, 0.6) is 0 Å². The quantitative estimate of drug-likeness (QED) is 0.881. The summed E-state index contributed by atoms with van der Waals surface area (Å²) in [5.41, 5.74) is 7.08. The summed E-state index contributed by atoms with van der Waals surface area (Å²) in [7, 11) is 0. The molecule has 0 heterocycles. The summed E-state index contributed by atoms with van der Waals surface area (Å²) >= 11 is 3.36. The van der Waals surface area contributed by atoms with E-state index in [0.29, 0.717) is 12.1 Å². The first-order valence-electron chi connectivity index (χ1n) is 4.81. The Morgan fingerprint density at radius 3 is 2.80 bits per heavy atom. The van der Waals surface area contributed by atoms with Crippen LogP contribution in [0.4, 0.5) is 0 Å². The molecule has 0 aromatic heterocycles. The lowest BCUT2D eigenvalue weighted by Gasteiger charge is -2.12. The summed E-state index contributed by atoms with van der Waals surface area (Å²) in [6.07, 6.45) is 0. The average molecular weight is 271 g/mol. The van der Waals surface area contributed by atoms with E-state index in [0.717, 1.165) is 10.0 Å². The molecule has 0 aliphatic carbocycles. The van der Waals surface area contributed by atoms with Gasteiger partial charge in [-0.2, -0.15) is 0 Å². The van der Waals surface area contributed by atoms with Gasteiger partial charge < -0.3 is 11.1 Å². The Morgan fingerprint density at radius 1 is 1.60 bits per heavy atom. The fraction of sp³-hybridized carbons (Fsp3) is 0.364. The van der Waals surface area contributed by atoms with Crippen molar-refractivity contribution in [3.8, 4) is 0 Å². The van der Waals surface area contributed by atoms with Gasteiger partial charge >= 0.3 is 0 Å². The summed E-state index contributed by atoms with van der Waals surface area (Å²) in [5, 5.41) is 2.83. The number of halogens is 1. The van der Waals surface area contributed by atoms with Crippen LogP contribution in [0.25, 0.3) is 0 Å². The molecule has 3 N–H and O–H groups in total. The van der Waals surface area contributed by atoms with Crippen LogP contribution in [0.15, 0.2) is 22.7 Å². The molecular formula is C11H15BrN2O. The van der Waals surface area contributed by atoms with E-state index in [1.165, 1.54) is 0 Å². The van der Waals surface area contributed by atoms with Crippen LogP contribution in [-0.4, -0.2) is 18.5 Å². The van der Waals surface area contributed by atoms with Crippen molar-refractivity contribution in [2.75, 3.05) is 6.54 Å². The molecule has 0 aliphatic rings. The molecule has 0 spiro atoms. The molecule has 1 aromatic rings. The standard InChI is InChI=1S/C11H15BrN2O/c1-7-5-9(12)3-4-10(7)11(15)14-8(2)6-13/h3-5,8H,6,13H2,1-2H3,(H,14,15)/t8-/m0/s1. The highest BCUT2D eigenvalue weighted by Gasteiger charge is 2.10. The molecule has 0 radical (unpaired) electrons. The number of amides is 1. The number of carbonyl (C=O) groups excluding carboxylic acids is 1. The Labute approximate surface area is 98.2 Å². The van der Waals surface area contributed by atoms with Crippen LogP contribution < -0.4 is 11.1 Å². The van der Waals surface area contributed by atoms with Gasteiger partial charge in [0, 0.05) is 22.6 Å². The highest BCUT2D eigenvalue weighted by Crippen LogP contribution is 2.15. The van der Waals surface area contributed by atoms with Gasteiger partial charge in [-0.25, -0.2) is 0 Å². The Bertz CT molecular complexity index is 366. The molecule has 1 rings (SSSR count). The fourth-order valence-electron chi connectivity index (χ4n) is 1.24. The molecule has 15 heavy (non-hydrogen) atoms. The van der Waals surface area contributed by atoms with Gasteiger partial charge in [-0.1, -0.05) is 15.9 Å². The lowest BCUT2D eigenvalue weighted by atomic mass is 10.1. The number of hydrogen-bond donors (Lipinski definition) is 2. The second-order valence-electron chi connectivity index (χ2n) is 3.57. The third-order valence-corrected chi connectivity index (χ3v) is 2.66. The minimum Gasteiger partial charge on any atom is -0.348 e. The van der Waals surface area contributed by atoms with E-state index >= 15 is 0 Å². The predicted octanol–water partition coefficient (Wildman–Crippen LogP) is 1.83. The largest absolute Gasteiger partial charge is 0.348 e. The monoisotopic (exact) mass is 270 g/mol. The van der Waals surface area contributed by atoms with Crippen LogP contribution in [0.2, 0.25) is 0 Å². The minimum absolute atomic E-state index is 0.000506. The van der Waals surface area contributed by atoms with Crippen LogP contribution in [0.1, 0.15) is 22.8 Å². The second kappa shape index (κ2) is 5.28.